The maximum atomic E-state index is 12.8. The zero-order valence-corrected chi connectivity index (χ0v) is 15.3. The highest BCUT2D eigenvalue weighted by Gasteiger charge is 2.70. The van der Waals surface area contributed by atoms with Gasteiger partial charge in [0.05, 0.1) is 0 Å². The summed E-state index contributed by atoms with van der Waals surface area (Å²) in [5.74, 6) is -1.28. The van der Waals surface area contributed by atoms with Crippen LogP contribution in [0.3, 0.4) is 0 Å². The van der Waals surface area contributed by atoms with E-state index in [4.69, 9.17) is 4.74 Å². The van der Waals surface area contributed by atoms with Gasteiger partial charge in [-0.2, -0.15) is 0 Å². The molecule has 0 bridgehead atoms. The first-order valence-corrected chi connectivity index (χ1v) is 8.90. The Hall–Kier alpha value is -2.70. The number of aliphatic hydroxyl groups excluding tert-OH is 1. The molecule has 142 valence electrons. The van der Waals surface area contributed by atoms with Crippen LogP contribution in [0, 0.1) is 0 Å². The molecule has 2 aliphatic heterocycles. The third kappa shape index (κ3) is 3.11. The highest BCUT2D eigenvalue weighted by molar-refractivity contribution is 6.20. The smallest absolute Gasteiger partial charge is 0.278 e. The molecule has 0 aliphatic carbocycles. The van der Waals surface area contributed by atoms with Crippen LogP contribution < -0.4 is 5.32 Å². The molecule has 0 unspecified atom stereocenters. The number of benzene rings is 1. The van der Waals surface area contributed by atoms with E-state index in [1.807, 2.05) is 19.1 Å². The summed E-state index contributed by atoms with van der Waals surface area (Å²) >= 11 is 0. The minimum atomic E-state index is -2.16. The fourth-order valence-electron chi connectivity index (χ4n) is 3.40. The molecule has 6 nitrogen and oxygen atoms in total. The number of amides is 1. The molecule has 1 aromatic rings. The van der Waals surface area contributed by atoms with E-state index in [0.29, 0.717) is 5.56 Å². The van der Waals surface area contributed by atoms with Crippen molar-refractivity contribution in [2.24, 2.45) is 0 Å². The summed E-state index contributed by atoms with van der Waals surface area (Å²) < 4.78 is 5.66. The summed E-state index contributed by atoms with van der Waals surface area (Å²) in [7, 11) is 0. The number of aliphatic hydroxyl groups is 2. The zero-order valence-electron chi connectivity index (χ0n) is 15.3. The molecule has 0 radical (unpaired) electrons. The van der Waals surface area contributed by atoms with Crippen molar-refractivity contribution in [3.05, 3.63) is 71.5 Å². The number of Topliss-reactive ketones (excluding diaryl/α,β-unsaturated/α-hetero) is 1. The molecular formula is C21H23NO5. The van der Waals surface area contributed by atoms with Gasteiger partial charge in [-0.3, -0.25) is 9.59 Å². The van der Waals surface area contributed by atoms with Crippen molar-refractivity contribution < 1.29 is 24.5 Å². The molecule has 1 fully saturated rings. The number of allylic oxidation sites excluding steroid dienone is 4. The Morgan fingerprint density at radius 3 is 2.59 bits per heavy atom. The summed E-state index contributed by atoms with van der Waals surface area (Å²) in [5.41, 5.74) is -3.23. The topological polar surface area (TPSA) is 95.9 Å². The fraction of sp³-hybridized carbons (Fsp3) is 0.333. The molecule has 2 aliphatic rings. The van der Waals surface area contributed by atoms with Crippen LogP contribution in [0.4, 0.5) is 0 Å². The van der Waals surface area contributed by atoms with Gasteiger partial charge in [0.15, 0.2) is 11.8 Å². The molecule has 1 spiro atoms. The number of carbonyl (C=O) groups is 2. The first-order chi connectivity index (χ1) is 12.8. The van der Waals surface area contributed by atoms with Crippen LogP contribution in [-0.4, -0.2) is 39.3 Å². The first kappa shape index (κ1) is 19.1. The molecule has 1 amide bonds. The van der Waals surface area contributed by atoms with E-state index >= 15 is 0 Å². The Morgan fingerprint density at radius 2 is 1.93 bits per heavy atom. The average Bonchev–Trinajstić information content (AvgIpc) is 3.01. The summed E-state index contributed by atoms with van der Waals surface area (Å²) in [6.45, 7) is 3.53. The number of hydrogen-bond donors (Lipinski definition) is 3. The maximum absolute atomic E-state index is 12.8. The van der Waals surface area contributed by atoms with Gasteiger partial charge in [0, 0.05) is 12.0 Å². The predicted octanol–water partition coefficient (Wildman–Crippen LogP) is 1.54. The van der Waals surface area contributed by atoms with Crippen LogP contribution in [-0.2, 0) is 20.7 Å². The first-order valence-electron chi connectivity index (χ1n) is 8.90. The highest BCUT2D eigenvalue weighted by Crippen LogP contribution is 2.42. The molecule has 3 rings (SSSR count). The van der Waals surface area contributed by atoms with Crippen LogP contribution in [0.25, 0.3) is 0 Å². The minimum absolute atomic E-state index is 0.0530. The second-order valence-corrected chi connectivity index (χ2v) is 6.79. The quantitative estimate of drug-likeness (QED) is 0.541. The van der Waals surface area contributed by atoms with Crippen LogP contribution in [0.15, 0.2) is 66.0 Å². The minimum Gasteiger partial charge on any atom is -0.466 e. The van der Waals surface area contributed by atoms with Crippen LogP contribution in [0.5, 0.6) is 0 Å². The SMILES string of the molecule is CC/C=C/C=C/C1=C(C)C(=O)[C@]2(O1)C(=O)N[C@@](O)(Cc1ccccc1)[C@@H]2O. The number of hydrogen-bond acceptors (Lipinski definition) is 5. The molecule has 6 heteroatoms. The third-order valence-corrected chi connectivity index (χ3v) is 4.87. The fourth-order valence-corrected chi connectivity index (χ4v) is 3.40. The molecular weight excluding hydrogens is 346 g/mol. The van der Waals surface area contributed by atoms with E-state index in [9.17, 15) is 19.8 Å². The Labute approximate surface area is 157 Å². The maximum Gasteiger partial charge on any atom is 0.278 e. The van der Waals surface area contributed by atoms with E-state index in [1.165, 1.54) is 6.92 Å². The van der Waals surface area contributed by atoms with Gasteiger partial charge in [-0.1, -0.05) is 55.5 Å². The van der Waals surface area contributed by atoms with Gasteiger partial charge in [0.2, 0.25) is 5.78 Å². The number of ether oxygens (including phenoxy) is 1. The van der Waals surface area contributed by atoms with Crippen molar-refractivity contribution >= 4 is 11.7 Å². The zero-order chi connectivity index (χ0) is 19.7. The van der Waals surface area contributed by atoms with Crippen LogP contribution in [0.2, 0.25) is 0 Å². The van der Waals surface area contributed by atoms with Crippen molar-refractivity contribution in [3.8, 4) is 0 Å². The molecule has 27 heavy (non-hydrogen) atoms. The van der Waals surface area contributed by atoms with Gasteiger partial charge in [0.1, 0.15) is 5.76 Å². The normalized spacial score (nSPS) is 30.7. The second kappa shape index (κ2) is 7.13. The van der Waals surface area contributed by atoms with Gasteiger partial charge < -0.3 is 20.3 Å². The lowest BCUT2D eigenvalue weighted by Crippen LogP contribution is -2.56. The van der Waals surface area contributed by atoms with Crippen molar-refractivity contribution in [2.45, 2.75) is 44.1 Å². The van der Waals surface area contributed by atoms with Gasteiger partial charge in [0.25, 0.3) is 11.5 Å². The lowest BCUT2D eigenvalue weighted by molar-refractivity contribution is -0.161. The monoisotopic (exact) mass is 369 g/mol. The number of rotatable bonds is 5. The largest absolute Gasteiger partial charge is 0.466 e. The van der Waals surface area contributed by atoms with Crippen molar-refractivity contribution in [1.82, 2.24) is 5.32 Å². The predicted molar refractivity (Wildman–Crippen MR) is 99.3 cm³/mol. The second-order valence-electron chi connectivity index (χ2n) is 6.79. The van der Waals surface area contributed by atoms with E-state index in [2.05, 4.69) is 5.32 Å². The molecule has 0 saturated carbocycles. The summed E-state index contributed by atoms with van der Waals surface area (Å²) in [6.07, 6.45) is 6.05. The highest BCUT2D eigenvalue weighted by atomic mass is 16.5. The van der Waals surface area contributed by atoms with Gasteiger partial charge in [-0.05, 0) is 25.0 Å². The Morgan fingerprint density at radius 1 is 1.22 bits per heavy atom. The lowest BCUT2D eigenvalue weighted by Gasteiger charge is -2.30. The Balaban J connectivity index is 1.88. The van der Waals surface area contributed by atoms with E-state index < -0.39 is 29.1 Å². The Kier molecular flexibility index (Phi) is 5.04. The third-order valence-electron chi connectivity index (χ3n) is 4.87. The van der Waals surface area contributed by atoms with Gasteiger partial charge in [-0.25, -0.2) is 0 Å². The van der Waals surface area contributed by atoms with E-state index in [-0.39, 0.29) is 17.8 Å². The molecule has 0 aromatic heterocycles. The van der Waals surface area contributed by atoms with Crippen LogP contribution >= 0.6 is 0 Å². The number of carbonyl (C=O) groups excluding carboxylic acids is 2. The summed E-state index contributed by atoms with van der Waals surface area (Å²) in [4.78, 5) is 25.5. The molecule has 1 aromatic carbocycles. The summed E-state index contributed by atoms with van der Waals surface area (Å²) in [6, 6.07) is 8.91. The molecule has 3 N–H and O–H groups in total. The van der Waals surface area contributed by atoms with Crippen molar-refractivity contribution in [2.75, 3.05) is 0 Å². The average molecular weight is 369 g/mol. The Bertz CT molecular complexity index is 841. The molecule has 1 saturated heterocycles. The van der Waals surface area contributed by atoms with Crippen molar-refractivity contribution in [1.29, 1.82) is 0 Å². The number of ketones is 1. The van der Waals surface area contributed by atoms with Crippen molar-refractivity contribution in [3.63, 3.8) is 0 Å². The van der Waals surface area contributed by atoms with Crippen LogP contribution in [0.1, 0.15) is 25.8 Å². The number of nitrogens with one attached hydrogen (secondary N) is 1. The molecule has 2 heterocycles. The van der Waals surface area contributed by atoms with E-state index in [1.54, 1.807) is 42.5 Å². The lowest BCUT2D eigenvalue weighted by atomic mass is 9.86. The van der Waals surface area contributed by atoms with Gasteiger partial charge in [-0.15, -0.1) is 0 Å². The molecule has 3 atom stereocenters. The van der Waals surface area contributed by atoms with E-state index in [0.717, 1.165) is 6.42 Å². The standard InChI is InChI=1S/C21H23NO5/c1-3-4-5-9-12-16-14(2)17(23)21(27-16)18(24)20(26,22-19(21)25)13-15-10-7-6-8-11-15/h4-12,18,24,26H,3,13H2,1-2H3,(H,22,25)/b5-4+,12-9+/t18-,20+,21+/m0/s1. The van der Waals surface area contributed by atoms with Gasteiger partial charge >= 0.3 is 0 Å². The summed E-state index contributed by atoms with van der Waals surface area (Å²) in [5, 5.41) is 24.1.